The summed E-state index contributed by atoms with van der Waals surface area (Å²) in [6, 6.07) is 18.6. The maximum atomic E-state index is 10.9. The second kappa shape index (κ2) is 7.36. The van der Waals surface area contributed by atoms with Gasteiger partial charge in [0, 0.05) is 19.6 Å². The van der Waals surface area contributed by atoms with Crippen molar-refractivity contribution in [1.29, 1.82) is 0 Å². The molecule has 112 valence electrons. The number of benzene rings is 2. The zero-order chi connectivity index (χ0) is 15.1. The van der Waals surface area contributed by atoms with Gasteiger partial charge in [-0.25, -0.2) is 13.1 Å². The third-order valence-electron chi connectivity index (χ3n) is 3.06. The largest absolute Gasteiger partial charge is 0.311 e. The molecule has 2 aromatic carbocycles. The van der Waals surface area contributed by atoms with Gasteiger partial charge in [-0.15, -0.1) is 0 Å². The van der Waals surface area contributed by atoms with E-state index < -0.39 is 10.0 Å². The van der Waals surface area contributed by atoms with Crippen molar-refractivity contribution >= 4 is 10.0 Å². The first kappa shape index (κ1) is 15.7. The summed E-state index contributed by atoms with van der Waals surface area (Å²) in [5.41, 5.74) is 3.57. The van der Waals surface area contributed by atoms with Gasteiger partial charge in [-0.3, -0.25) is 0 Å². The van der Waals surface area contributed by atoms with E-state index in [9.17, 15) is 8.42 Å². The van der Waals surface area contributed by atoms with Crippen LogP contribution in [0.1, 0.15) is 5.56 Å². The van der Waals surface area contributed by atoms with E-state index in [0.29, 0.717) is 13.1 Å². The minimum absolute atomic E-state index is 0.404. The quantitative estimate of drug-likeness (QED) is 0.769. The van der Waals surface area contributed by atoms with Gasteiger partial charge in [0.05, 0.1) is 6.26 Å². The lowest BCUT2D eigenvalue weighted by atomic mass is 10.0. The van der Waals surface area contributed by atoms with Crippen molar-refractivity contribution in [1.82, 2.24) is 10.0 Å². The fourth-order valence-electron chi connectivity index (χ4n) is 2.00. The summed E-state index contributed by atoms with van der Waals surface area (Å²) in [4.78, 5) is 0. The fraction of sp³-hybridized carbons (Fsp3) is 0.250. The third-order valence-corrected chi connectivity index (χ3v) is 3.78. The van der Waals surface area contributed by atoms with Gasteiger partial charge in [-0.05, 0) is 16.7 Å². The van der Waals surface area contributed by atoms with Crippen molar-refractivity contribution < 1.29 is 8.42 Å². The van der Waals surface area contributed by atoms with Crippen LogP contribution in [0.4, 0.5) is 0 Å². The van der Waals surface area contributed by atoms with Crippen LogP contribution in [0.15, 0.2) is 54.6 Å². The zero-order valence-corrected chi connectivity index (χ0v) is 12.9. The van der Waals surface area contributed by atoms with Gasteiger partial charge >= 0.3 is 0 Å². The van der Waals surface area contributed by atoms with Crippen LogP contribution < -0.4 is 10.0 Å². The number of hydrogen-bond donors (Lipinski definition) is 2. The smallest absolute Gasteiger partial charge is 0.208 e. The summed E-state index contributed by atoms with van der Waals surface area (Å²) in [6.07, 6.45) is 1.16. The molecule has 2 N–H and O–H groups in total. The molecular formula is C16H20N2O2S. The summed E-state index contributed by atoms with van der Waals surface area (Å²) in [5, 5.41) is 3.21. The molecule has 0 bridgehead atoms. The van der Waals surface area contributed by atoms with Gasteiger partial charge in [0.1, 0.15) is 0 Å². The molecule has 0 unspecified atom stereocenters. The molecule has 0 spiro atoms. The first-order valence-electron chi connectivity index (χ1n) is 6.84. The lowest BCUT2D eigenvalue weighted by molar-refractivity contribution is 0.582. The van der Waals surface area contributed by atoms with Crippen LogP contribution in [0.25, 0.3) is 11.1 Å². The Balaban J connectivity index is 1.81. The number of rotatable bonds is 7. The Morgan fingerprint density at radius 3 is 2.10 bits per heavy atom. The molecule has 0 fully saturated rings. The minimum atomic E-state index is -3.10. The van der Waals surface area contributed by atoms with Gasteiger partial charge in [0.25, 0.3) is 0 Å². The molecule has 0 saturated heterocycles. The number of hydrogen-bond acceptors (Lipinski definition) is 3. The molecule has 0 heterocycles. The van der Waals surface area contributed by atoms with Gasteiger partial charge in [0.2, 0.25) is 10.0 Å². The highest BCUT2D eigenvalue weighted by Crippen LogP contribution is 2.18. The molecule has 4 nitrogen and oxygen atoms in total. The second-order valence-electron chi connectivity index (χ2n) is 4.91. The average Bonchev–Trinajstić information content (AvgIpc) is 2.47. The minimum Gasteiger partial charge on any atom is -0.311 e. The van der Waals surface area contributed by atoms with E-state index in [0.717, 1.165) is 12.8 Å². The van der Waals surface area contributed by atoms with Gasteiger partial charge < -0.3 is 5.32 Å². The summed E-state index contributed by atoms with van der Waals surface area (Å²) >= 11 is 0. The summed E-state index contributed by atoms with van der Waals surface area (Å²) < 4.78 is 24.2. The molecule has 5 heteroatoms. The molecule has 21 heavy (non-hydrogen) atoms. The maximum Gasteiger partial charge on any atom is 0.208 e. The fourth-order valence-corrected chi connectivity index (χ4v) is 2.48. The average molecular weight is 304 g/mol. The molecule has 0 amide bonds. The van der Waals surface area contributed by atoms with E-state index in [1.54, 1.807) is 0 Å². The Kier molecular flexibility index (Phi) is 5.50. The molecular weight excluding hydrogens is 284 g/mol. The van der Waals surface area contributed by atoms with Crippen LogP contribution in [0.5, 0.6) is 0 Å². The molecule has 0 atom stereocenters. The van der Waals surface area contributed by atoms with Crippen molar-refractivity contribution in [2.75, 3.05) is 19.3 Å². The molecule has 0 aliphatic carbocycles. The normalized spacial score (nSPS) is 11.5. The van der Waals surface area contributed by atoms with Crippen LogP contribution >= 0.6 is 0 Å². The van der Waals surface area contributed by atoms with Gasteiger partial charge in [-0.1, -0.05) is 54.6 Å². The van der Waals surface area contributed by atoms with Crippen LogP contribution in [-0.4, -0.2) is 27.8 Å². The zero-order valence-electron chi connectivity index (χ0n) is 12.0. The molecule has 0 aliphatic rings. The van der Waals surface area contributed by atoms with Crippen LogP contribution in [-0.2, 0) is 16.6 Å². The van der Waals surface area contributed by atoms with E-state index in [1.807, 2.05) is 18.2 Å². The molecule has 2 aromatic rings. The predicted molar refractivity (Wildman–Crippen MR) is 86.4 cm³/mol. The Morgan fingerprint density at radius 1 is 0.857 bits per heavy atom. The molecule has 0 aromatic heterocycles. The molecule has 0 radical (unpaired) electrons. The van der Waals surface area contributed by atoms with Crippen LogP contribution in [0.2, 0.25) is 0 Å². The van der Waals surface area contributed by atoms with Crippen molar-refractivity contribution in [2.24, 2.45) is 0 Å². The van der Waals surface area contributed by atoms with E-state index in [2.05, 4.69) is 46.4 Å². The first-order chi connectivity index (χ1) is 10.0. The Hall–Kier alpha value is -1.69. The third kappa shape index (κ3) is 5.67. The number of sulfonamides is 1. The Labute approximate surface area is 126 Å². The number of nitrogens with one attached hydrogen (secondary N) is 2. The van der Waals surface area contributed by atoms with E-state index >= 15 is 0 Å². The standard InChI is InChI=1S/C16H20N2O2S/c1-21(19,20)18-12-11-17-13-14-7-9-16(10-8-14)15-5-3-2-4-6-15/h2-10,17-18H,11-13H2,1H3. The van der Waals surface area contributed by atoms with Crippen molar-refractivity contribution in [3.05, 3.63) is 60.2 Å². The van der Waals surface area contributed by atoms with E-state index in [4.69, 9.17) is 0 Å². The summed E-state index contributed by atoms with van der Waals surface area (Å²) in [7, 11) is -3.10. The summed E-state index contributed by atoms with van der Waals surface area (Å²) in [6.45, 7) is 1.73. The Morgan fingerprint density at radius 2 is 1.48 bits per heavy atom. The SMILES string of the molecule is CS(=O)(=O)NCCNCc1ccc(-c2ccccc2)cc1. The molecule has 0 saturated carbocycles. The van der Waals surface area contributed by atoms with Gasteiger partial charge in [0.15, 0.2) is 0 Å². The maximum absolute atomic E-state index is 10.9. The van der Waals surface area contributed by atoms with E-state index in [-0.39, 0.29) is 0 Å². The predicted octanol–water partition coefficient (Wildman–Crippen LogP) is 1.99. The summed E-state index contributed by atoms with van der Waals surface area (Å²) in [5.74, 6) is 0. The van der Waals surface area contributed by atoms with Crippen molar-refractivity contribution in [2.45, 2.75) is 6.54 Å². The second-order valence-corrected chi connectivity index (χ2v) is 6.74. The highest BCUT2D eigenvalue weighted by atomic mass is 32.2. The lowest BCUT2D eigenvalue weighted by Crippen LogP contribution is -2.30. The highest BCUT2D eigenvalue weighted by Gasteiger charge is 1.99. The van der Waals surface area contributed by atoms with Crippen LogP contribution in [0.3, 0.4) is 0 Å². The van der Waals surface area contributed by atoms with Crippen molar-refractivity contribution in [3.8, 4) is 11.1 Å². The molecule has 2 rings (SSSR count). The van der Waals surface area contributed by atoms with E-state index in [1.165, 1.54) is 16.7 Å². The van der Waals surface area contributed by atoms with Crippen molar-refractivity contribution in [3.63, 3.8) is 0 Å². The topological polar surface area (TPSA) is 58.2 Å². The monoisotopic (exact) mass is 304 g/mol. The Bertz CT molecular complexity index is 652. The van der Waals surface area contributed by atoms with Crippen LogP contribution in [0, 0.1) is 0 Å². The first-order valence-corrected chi connectivity index (χ1v) is 8.73. The highest BCUT2D eigenvalue weighted by molar-refractivity contribution is 7.88. The van der Waals surface area contributed by atoms with Gasteiger partial charge in [-0.2, -0.15) is 0 Å². The lowest BCUT2D eigenvalue weighted by Gasteiger charge is -2.07. The molecule has 0 aliphatic heterocycles.